The second-order valence-electron chi connectivity index (χ2n) is 11.9. The van der Waals surface area contributed by atoms with E-state index in [1.807, 2.05) is 54.7 Å². The fraction of sp³-hybridized carbons (Fsp3) is 0.128. The maximum atomic E-state index is 6.27. The molecule has 3 nitrogen and oxygen atoms in total. The van der Waals surface area contributed by atoms with Gasteiger partial charge in [0.05, 0.1) is 13.7 Å². The summed E-state index contributed by atoms with van der Waals surface area (Å²) < 4.78 is 6.27. The monoisotopic (exact) mass is 767 g/mol. The van der Waals surface area contributed by atoms with Crippen LogP contribution in [0.1, 0.15) is 11.1 Å². The molecule has 5 heteroatoms. The summed E-state index contributed by atoms with van der Waals surface area (Å²) in [7, 11) is -1.27. The summed E-state index contributed by atoms with van der Waals surface area (Å²) in [5.41, 5.74) is 10.5. The van der Waals surface area contributed by atoms with Crippen LogP contribution in [0, 0.1) is 26.0 Å². The Hall–Kier alpha value is -4.15. The van der Waals surface area contributed by atoms with E-state index in [2.05, 4.69) is 116 Å². The predicted molar refractivity (Wildman–Crippen MR) is 182 cm³/mol. The van der Waals surface area contributed by atoms with Crippen molar-refractivity contribution in [2.45, 2.75) is 33.5 Å². The Morgan fingerprint density at radius 2 is 1.52 bits per heavy atom. The standard InChI is InChI=1S/C24H16NO.C15H18NSi.Ir/c1-16-13-14-25-21(15-16)19-10-5-11-20-23-18(17-7-3-2-4-8-17)9-6-12-22(23)26-24(19)20;1-12-10-14(13-8-6-5-7-9-13)16-11-15(12)17(2,3)4;/h2-9,11-15H,1H3;5-8,10-11H,1-4H3;/q2*-1;. The Morgan fingerprint density at radius 1 is 0.727 bits per heavy atom. The number of pyridine rings is 2. The van der Waals surface area contributed by atoms with Gasteiger partial charge in [0.25, 0.3) is 0 Å². The number of aromatic nitrogens is 2. The maximum absolute atomic E-state index is 6.27. The molecule has 7 aromatic rings. The van der Waals surface area contributed by atoms with E-state index >= 15 is 0 Å². The Kier molecular flexibility index (Phi) is 9.41. The zero-order valence-corrected chi connectivity index (χ0v) is 29.0. The van der Waals surface area contributed by atoms with Crippen LogP contribution in [0.15, 0.2) is 120 Å². The van der Waals surface area contributed by atoms with E-state index in [1.54, 1.807) is 0 Å². The number of fused-ring (bicyclic) bond motifs is 3. The fourth-order valence-corrected chi connectivity index (χ4v) is 7.26. The first kappa shape index (κ1) is 31.3. The molecule has 4 aromatic carbocycles. The number of aryl methyl sites for hydroxylation is 2. The van der Waals surface area contributed by atoms with E-state index in [1.165, 1.54) is 27.4 Å². The summed E-state index contributed by atoms with van der Waals surface area (Å²) >= 11 is 0. The second kappa shape index (κ2) is 13.2. The van der Waals surface area contributed by atoms with E-state index in [-0.39, 0.29) is 20.1 Å². The normalized spacial score (nSPS) is 11.1. The number of rotatable bonds is 4. The first-order chi connectivity index (χ1) is 20.8. The van der Waals surface area contributed by atoms with Gasteiger partial charge in [0, 0.05) is 37.9 Å². The molecule has 0 spiro atoms. The molecule has 0 aliphatic carbocycles. The largest absolute Gasteiger partial charge is 0.501 e. The number of hydrogen-bond acceptors (Lipinski definition) is 3. The van der Waals surface area contributed by atoms with Crippen molar-refractivity contribution in [2.24, 2.45) is 0 Å². The van der Waals surface area contributed by atoms with Gasteiger partial charge in [0.2, 0.25) is 0 Å². The summed E-state index contributed by atoms with van der Waals surface area (Å²) in [6, 6.07) is 41.4. The Morgan fingerprint density at radius 3 is 2.23 bits per heavy atom. The molecule has 0 atom stereocenters. The third kappa shape index (κ3) is 6.51. The van der Waals surface area contributed by atoms with E-state index in [0.29, 0.717) is 0 Å². The topological polar surface area (TPSA) is 38.9 Å². The minimum absolute atomic E-state index is 0. The number of furan rings is 1. The van der Waals surface area contributed by atoms with Crippen LogP contribution in [0.5, 0.6) is 0 Å². The van der Waals surface area contributed by atoms with Gasteiger partial charge >= 0.3 is 0 Å². The first-order valence-corrected chi connectivity index (χ1v) is 18.1. The molecule has 0 N–H and O–H groups in total. The molecule has 0 bridgehead atoms. The van der Waals surface area contributed by atoms with Crippen molar-refractivity contribution in [1.82, 2.24) is 9.97 Å². The molecule has 0 unspecified atom stereocenters. The van der Waals surface area contributed by atoms with Gasteiger partial charge in [-0.3, -0.25) is 0 Å². The van der Waals surface area contributed by atoms with Gasteiger partial charge in [0.1, 0.15) is 5.58 Å². The minimum atomic E-state index is -1.27. The maximum Gasteiger partial charge on any atom is 0.121 e. The summed E-state index contributed by atoms with van der Waals surface area (Å²) in [4.78, 5) is 9.10. The number of benzene rings is 4. The SMILES string of the molecule is Cc1cc(-c2[c-]cccc2)ncc1[Si](C)(C)C.Cc1ccnc(-c2[c-]ccc3c2oc2cccc(-c4ccccc4)c23)c1.[Ir]. The minimum Gasteiger partial charge on any atom is -0.501 e. The molecule has 3 heterocycles. The van der Waals surface area contributed by atoms with Gasteiger partial charge in [-0.25, -0.2) is 0 Å². The summed E-state index contributed by atoms with van der Waals surface area (Å²) in [6.45, 7) is 11.3. The van der Waals surface area contributed by atoms with Crippen molar-refractivity contribution < 1.29 is 24.5 Å². The van der Waals surface area contributed by atoms with Crippen molar-refractivity contribution >= 4 is 35.2 Å². The van der Waals surface area contributed by atoms with Crippen LogP contribution >= 0.6 is 0 Å². The van der Waals surface area contributed by atoms with Crippen molar-refractivity contribution in [1.29, 1.82) is 0 Å². The number of nitrogens with zero attached hydrogens (tertiary/aromatic N) is 2. The summed E-state index contributed by atoms with van der Waals surface area (Å²) in [5.74, 6) is 0. The summed E-state index contributed by atoms with van der Waals surface area (Å²) in [5, 5.41) is 3.67. The smallest absolute Gasteiger partial charge is 0.121 e. The van der Waals surface area contributed by atoms with Crippen LogP contribution in [0.25, 0.3) is 55.6 Å². The Balaban J connectivity index is 0.000000187. The van der Waals surface area contributed by atoms with E-state index < -0.39 is 8.07 Å². The van der Waals surface area contributed by atoms with Gasteiger partial charge in [-0.05, 0) is 53.7 Å². The average molecular weight is 767 g/mol. The quantitative estimate of drug-likeness (QED) is 0.132. The van der Waals surface area contributed by atoms with Gasteiger partial charge in [-0.1, -0.05) is 96.3 Å². The number of hydrogen-bond donors (Lipinski definition) is 0. The molecule has 44 heavy (non-hydrogen) atoms. The van der Waals surface area contributed by atoms with Crippen LogP contribution < -0.4 is 5.19 Å². The van der Waals surface area contributed by atoms with Crippen LogP contribution in [-0.4, -0.2) is 18.0 Å². The molecule has 1 radical (unpaired) electrons. The van der Waals surface area contributed by atoms with Gasteiger partial charge in [-0.2, -0.15) is 0 Å². The molecule has 3 aromatic heterocycles. The fourth-order valence-electron chi connectivity index (χ4n) is 5.55. The molecule has 0 aliphatic rings. The molecular formula is C39H34IrN2OSi-2. The van der Waals surface area contributed by atoms with Crippen molar-refractivity contribution in [3.05, 3.63) is 139 Å². The molecule has 0 fully saturated rings. The molecule has 0 saturated carbocycles. The van der Waals surface area contributed by atoms with Gasteiger partial charge in [0.15, 0.2) is 0 Å². The molecule has 0 amide bonds. The molecular weight excluding hydrogens is 733 g/mol. The molecule has 7 rings (SSSR count). The van der Waals surface area contributed by atoms with Crippen molar-refractivity contribution in [3.8, 4) is 33.6 Å². The van der Waals surface area contributed by atoms with E-state index in [0.717, 1.165) is 44.5 Å². The van der Waals surface area contributed by atoms with Crippen molar-refractivity contribution in [3.63, 3.8) is 0 Å². The summed E-state index contributed by atoms with van der Waals surface area (Å²) in [6.07, 6.45) is 3.88. The van der Waals surface area contributed by atoms with Crippen LogP contribution in [0.2, 0.25) is 19.6 Å². The second-order valence-corrected chi connectivity index (χ2v) is 16.9. The molecule has 0 saturated heterocycles. The third-order valence-corrected chi connectivity index (χ3v) is 9.76. The Bertz CT molecular complexity index is 2030. The third-order valence-electron chi connectivity index (χ3n) is 7.62. The Labute approximate surface area is 274 Å². The predicted octanol–water partition coefficient (Wildman–Crippen LogP) is 9.82. The zero-order chi connectivity index (χ0) is 30.0. The molecule has 0 aliphatic heterocycles. The van der Waals surface area contributed by atoms with Gasteiger partial charge < -0.3 is 14.4 Å². The van der Waals surface area contributed by atoms with Crippen LogP contribution in [0.3, 0.4) is 0 Å². The van der Waals surface area contributed by atoms with E-state index in [4.69, 9.17) is 4.42 Å². The van der Waals surface area contributed by atoms with Gasteiger partial charge in [-0.15, -0.1) is 54.1 Å². The average Bonchev–Trinajstić information content (AvgIpc) is 3.41. The van der Waals surface area contributed by atoms with Crippen LogP contribution in [0.4, 0.5) is 0 Å². The zero-order valence-electron chi connectivity index (χ0n) is 25.6. The van der Waals surface area contributed by atoms with Crippen LogP contribution in [-0.2, 0) is 20.1 Å². The first-order valence-electron chi connectivity index (χ1n) is 14.6. The molecule has 221 valence electrons. The van der Waals surface area contributed by atoms with E-state index in [9.17, 15) is 0 Å². The van der Waals surface area contributed by atoms with Crippen molar-refractivity contribution in [2.75, 3.05) is 0 Å².